The largest absolute Gasteiger partial charge is 0.338 e. The first-order valence-electron chi connectivity index (χ1n) is 6.51. The molecule has 2 aliphatic heterocycles. The van der Waals surface area contributed by atoms with Crippen molar-refractivity contribution in [2.45, 2.75) is 31.7 Å². The number of hydrogen-bond donors (Lipinski definition) is 1. The highest BCUT2D eigenvalue weighted by Crippen LogP contribution is 2.37. The minimum absolute atomic E-state index is 0.0201. The average Bonchev–Trinajstić information content (AvgIpc) is 2.94. The topological polar surface area (TPSA) is 69.7 Å². The molecule has 1 aliphatic carbocycles. The first-order valence-corrected chi connectivity index (χ1v) is 6.51. The number of imide groups is 1. The summed E-state index contributed by atoms with van der Waals surface area (Å²) in [5, 5.41) is 2.24. The number of nitrogens with one attached hydrogen (secondary N) is 1. The third-order valence-electron chi connectivity index (χ3n) is 4.20. The fourth-order valence-electron chi connectivity index (χ4n) is 3.23. The van der Waals surface area contributed by atoms with Crippen LogP contribution in [0.5, 0.6) is 0 Å². The van der Waals surface area contributed by atoms with Crippen molar-refractivity contribution in [2.24, 2.45) is 5.92 Å². The van der Waals surface area contributed by atoms with Crippen LogP contribution in [0.2, 0.25) is 0 Å². The number of nitrogens with zero attached hydrogens (tertiary/aromatic N) is 2. The van der Waals surface area contributed by atoms with Crippen LogP contribution < -0.4 is 5.32 Å². The highest BCUT2D eigenvalue weighted by atomic mass is 16.2. The van der Waals surface area contributed by atoms with Crippen molar-refractivity contribution >= 4 is 17.8 Å². The molecule has 3 fully saturated rings. The smallest absolute Gasteiger partial charge is 0.324 e. The van der Waals surface area contributed by atoms with E-state index in [0.717, 1.165) is 19.4 Å². The lowest BCUT2D eigenvalue weighted by Crippen LogP contribution is -2.53. The lowest BCUT2D eigenvalue weighted by atomic mass is 10.1. The van der Waals surface area contributed by atoms with Crippen molar-refractivity contribution in [3.63, 3.8) is 0 Å². The van der Waals surface area contributed by atoms with Gasteiger partial charge in [-0.15, -0.1) is 0 Å². The molecule has 3 aliphatic rings. The molecule has 0 aromatic heterocycles. The number of carbonyl (C=O) groups excluding carboxylic acids is 3. The summed E-state index contributed by atoms with van der Waals surface area (Å²) in [4.78, 5) is 38.0. The SMILES string of the molecule is O=C1CCN(CC(=O)N2CC3CCC2C3)C(=O)N1. The van der Waals surface area contributed by atoms with Crippen molar-refractivity contribution < 1.29 is 14.4 Å². The predicted molar refractivity (Wildman–Crippen MR) is 62.6 cm³/mol. The van der Waals surface area contributed by atoms with Gasteiger partial charge in [-0.3, -0.25) is 14.9 Å². The maximum atomic E-state index is 12.1. The zero-order valence-electron chi connectivity index (χ0n) is 10.2. The quantitative estimate of drug-likeness (QED) is 0.747. The third kappa shape index (κ3) is 1.95. The first-order chi connectivity index (χ1) is 8.63. The number of piperidine rings is 1. The predicted octanol–water partition coefficient (Wildman–Crippen LogP) is -0.0608. The van der Waals surface area contributed by atoms with Crippen LogP contribution in [0.15, 0.2) is 0 Å². The minimum Gasteiger partial charge on any atom is -0.338 e. The van der Waals surface area contributed by atoms with Crippen molar-refractivity contribution in [3.05, 3.63) is 0 Å². The molecule has 0 aromatic carbocycles. The Balaban J connectivity index is 1.58. The average molecular weight is 251 g/mol. The van der Waals surface area contributed by atoms with Gasteiger partial charge in [0.25, 0.3) is 0 Å². The number of hydrogen-bond acceptors (Lipinski definition) is 3. The minimum atomic E-state index is -0.441. The van der Waals surface area contributed by atoms with Gasteiger partial charge in [-0.25, -0.2) is 4.79 Å². The second-order valence-corrected chi connectivity index (χ2v) is 5.40. The van der Waals surface area contributed by atoms with E-state index in [4.69, 9.17) is 0 Å². The van der Waals surface area contributed by atoms with Crippen LogP contribution in [0, 0.1) is 5.92 Å². The van der Waals surface area contributed by atoms with Crippen LogP contribution >= 0.6 is 0 Å². The van der Waals surface area contributed by atoms with E-state index in [-0.39, 0.29) is 24.8 Å². The molecule has 2 unspecified atom stereocenters. The van der Waals surface area contributed by atoms with Crippen molar-refractivity contribution in [1.82, 2.24) is 15.1 Å². The Morgan fingerprint density at radius 2 is 2.17 bits per heavy atom. The van der Waals surface area contributed by atoms with Gasteiger partial charge in [0, 0.05) is 25.6 Å². The van der Waals surface area contributed by atoms with Crippen LogP contribution in [0.4, 0.5) is 4.79 Å². The maximum absolute atomic E-state index is 12.1. The van der Waals surface area contributed by atoms with Crippen LogP contribution in [-0.2, 0) is 9.59 Å². The summed E-state index contributed by atoms with van der Waals surface area (Å²) in [5.74, 6) is 0.423. The molecule has 2 bridgehead atoms. The fraction of sp³-hybridized carbons (Fsp3) is 0.750. The molecule has 0 spiro atoms. The molecule has 0 aromatic rings. The molecule has 2 heterocycles. The van der Waals surface area contributed by atoms with E-state index in [1.807, 2.05) is 4.90 Å². The number of carbonyl (C=O) groups is 3. The zero-order chi connectivity index (χ0) is 12.7. The number of amides is 4. The van der Waals surface area contributed by atoms with Gasteiger partial charge in [0.1, 0.15) is 6.54 Å². The van der Waals surface area contributed by atoms with Gasteiger partial charge in [0.05, 0.1) is 0 Å². The molecule has 1 saturated carbocycles. The van der Waals surface area contributed by atoms with Crippen LogP contribution in [-0.4, -0.2) is 53.3 Å². The molecule has 0 radical (unpaired) electrons. The van der Waals surface area contributed by atoms with E-state index >= 15 is 0 Å². The summed E-state index contributed by atoms with van der Waals surface area (Å²) in [6.45, 7) is 1.29. The Bertz CT molecular complexity index is 409. The molecule has 2 atom stereocenters. The second-order valence-electron chi connectivity index (χ2n) is 5.40. The Hall–Kier alpha value is -1.59. The Kier molecular flexibility index (Phi) is 2.72. The lowest BCUT2D eigenvalue weighted by molar-refractivity contribution is -0.134. The summed E-state index contributed by atoms with van der Waals surface area (Å²) in [6.07, 6.45) is 3.73. The van der Waals surface area contributed by atoms with Crippen molar-refractivity contribution in [2.75, 3.05) is 19.6 Å². The number of likely N-dealkylation sites (tertiary alicyclic amines) is 1. The molecule has 6 nitrogen and oxygen atoms in total. The molecule has 4 amide bonds. The molecule has 3 rings (SSSR count). The summed E-state index contributed by atoms with van der Waals surface area (Å²) >= 11 is 0. The standard InChI is InChI=1S/C12H17N3O3/c16-10-3-4-14(12(18)13-10)7-11(17)15-6-8-1-2-9(15)5-8/h8-9H,1-7H2,(H,13,16,18). The van der Waals surface area contributed by atoms with E-state index in [1.165, 1.54) is 11.3 Å². The van der Waals surface area contributed by atoms with Gasteiger partial charge >= 0.3 is 6.03 Å². The molecule has 18 heavy (non-hydrogen) atoms. The number of rotatable bonds is 2. The Labute approximate surface area is 105 Å². The molecular formula is C12H17N3O3. The number of urea groups is 1. The third-order valence-corrected chi connectivity index (χ3v) is 4.20. The van der Waals surface area contributed by atoms with E-state index in [9.17, 15) is 14.4 Å². The van der Waals surface area contributed by atoms with Crippen molar-refractivity contribution in [1.29, 1.82) is 0 Å². The monoisotopic (exact) mass is 251 g/mol. The van der Waals surface area contributed by atoms with Gasteiger partial charge in [-0.2, -0.15) is 0 Å². The fourth-order valence-corrected chi connectivity index (χ4v) is 3.23. The van der Waals surface area contributed by atoms with E-state index in [0.29, 0.717) is 18.5 Å². The molecular weight excluding hydrogens is 234 g/mol. The van der Waals surface area contributed by atoms with E-state index in [1.54, 1.807) is 0 Å². The normalized spacial score (nSPS) is 30.9. The summed E-state index contributed by atoms with van der Waals surface area (Å²) in [5.41, 5.74) is 0. The summed E-state index contributed by atoms with van der Waals surface area (Å²) < 4.78 is 0. The van der Waals surface area contributed by atoms with Gasteiger partial charge in [-0.1, -0.05) is 0 Å². The van der Waals surface area contributed by atoms with Crippen LogP contribution in [0.25, 0.3) is 0 Å². The zero-order valence-corrected chi connectivity index (χ0v) is 10.2. The Morgan fingerprint density at radius 3 is 2.78 bits per heavy atom. The lowest BCUT2D eigenvalue weighted by Gasteiger charge is -2.31. The highest BCUT2D eigenvalue weighted by Gasteiger charge is 2.40. The van der Waals surface area contributed by atoms with Crippen LogP contribution in [0.3, 0.4) is 0 Å². The van der Waals surface area contributed by atoms with Gasteiger partial charge in [0.15, 0.2) is 0 Å². The molecule has 1 N–H and O–H groups in total. The Morgan fingerprint density at radius 1 is 1.33 bits per heavy atom. The second kappa shape index (κ2) is 4.26. The summed E-state index contributed by atoms with van der Waals surface area (Å²) in [7, 11) is 0. The highest BCUT2D eigenvalue weighted by molar-refractivity contribution is 5.98. The molecule has 6 heteroatoms. The van der Waals surface area contributed by atoms with Crippen molar-refractivity contribution in [3.8, 4) is 0 Å². The van der Waals surface area contributed by atoms with Crippen LogP contribution in [0.1, 0.15) is 25.7 Å². The van der Waals surface area contributed by atoms with E-state index in [2.05, 4.69) is 5.32 Å². The summed E-state index contributed by atoms with van der Waals surface area (Å²) in [6, 6.07) is -0.0547. The maximum Gasteiger partial charge on any atom is 0.324 e. The number of fused-ring (bicyclic) bond motifs is 2. The molecule has 2 saturated heterocycles. The first kappa shape index (κ1) is 11.5. The van der Waals surface area contributed by atoms with Gasteiger partial charge in [-0.05, 0) is 25.2 Å². The van der Waals surface area contributed by atoms with Gasteiger partial charge in [0.2, 0.25) is 11.8 Å². The van der Waals surface area contributed by atoms with E-state index < -0.39 is 6.03 Å². The molecule has 98 valence electrons. The van der Waals surface area contributed by atoms with Gasteiger partial charge < -0.3 is 9.80 Å².